The standard InChI is InChI=1S/C21H34O6/c1-4-17(24)27-16-11-26-19-18-14(6-8-21(16,19)25-3)20(2)7-5-13(22)9-12(20)10-15(18)23/h12-16,18-19,22-23H,4-11H2,1-3H3/t12?,13-,14?,15-,16-,18?,19?,20-,21-/m0/s1. The number of carbonyl (C=O) groups excluding carboxylic acids is 1. The minimum absolute atomic E-state index is 0.0134. The van der Waals surface area contributed by atoms with Crippen LogP contribution in [-0.4, -0.2) is 59.9 Å². The van der Waals surface area contributed by atoms with Gasteiger partial charge in [0.25, 0.3) is 0 Å². The van der Waals surface area contributed by atoms with Crippen LogP contribution in [0, 0.1) is 23.2 Å². The fourth-order valence-electron chi connectivity index (χ4n) is 6.85. The number of fused-ring (bicyclic) bond motifs is 5. The molecule has 0 aromatic rings. The van der Waals surface area contributed by atoms with E-state index < -0.39 is 17.8 Å². The maximum Gasteiger partial charge on any atom is 0.305 e. The largest absolute Gasteiger partial charge is 0.457 e. The number of aliphatic hydroxyl groups is 2. The molecule has 2 N–H and O–H groups in total. The quantitative estimate of drug-likeness (QED) is 0.727. The molecule has 154 valence electrons. The molecule has 1 heterocycles. The van der Waals surface area contributed by atoms with Crippen molar-refractivity contribution in [1.82, 2.24) is 0 Å². The van der Waals surface area contributed by atoms with Crippen molar-refractivity contribution in [3.8, 4) is 0 Å². The summed E-state index contributed by atoms with van der Waals surface area (Å²) in [4.78, 5) is 11.9. The van der Waals surface area contributed by atoms with E-state index in [-0.39, 0.29) is 29.5 Å². The maximum absolute atomic E-state index is 11.9. The first-order valence-electron chi connectivity index (χ1n) is 10.6. The SMILES string of the molecule is CCC(=O)O[C@H]1COC2C3C(CC[C@@]21OC)[C@@]1(C)CC[C@H](O)CC1C[C@@H]3O. The zero-order valence-electron chi connectivity index (χ0n) is 16.7. The Morgan fingerprint density at radius 3 is 2.70 bits per heavy atom. The lowest BCUT2D eigenvalue weighted by atomic mass is 9.47. The molecule has 0 amide bonds. The average Bonchev–Trinajstić information content (AvgIpc) is 3.02. The zero-order chi connectivity index (χ0) is 19.4. The lowest BCUT2D eigenvalue weighted by molar-refractivity contribution is -0.225. The maximum atomic E-state index is 11.9. The van der Waals surface area contributed by atoms with Gasteiger partial charge in [0.05, 0.1) is 24.9 Å². The molecule has 9 atom stereocenters. The summed E-state index contributed by atoms with van der Waals surface area (Å²) in [5, 5.41) is 21.2. The van der Waals surface area contributed by atoms with E-state index in [1.807, 2.05) is 0 Å². The van der Waals surface area contributed by atoms with Crippen molar-refractivity contribution in [1.29, 1.82) is 0 Å². The molecule has 4 unspecified atom stereocenters. The Bertz CT molecular complexity index is 581. The molecule has 0 bridgehead atoms. The molecular weight excluding hydrogens is 348 g/mol. The Balaban J connectivity index is 1.62. The summed E-state index contributed by atoms with van der Waals surface area (Å²) in [6.07, 6.45) is 3.97. The second kappa shape index (κ2) is 6.97. The Kier molecular flexibility index (Phi) is 5.07. The zero-order valence-corrected chi connectivity index (χ0v) is 16.7. The van der Waals surface area contributed by atoms with Crippen molar-refractivity contribution in [3.05, 3.63) is 0 Å². The lowest BCUT2D eigenvalue weighted by Crippen LogP contribution is -2.65. The van der Waals surface area contributed by atoms with Crippen LogP contribution in [0.2, 0.25) is 0 Å². The van der Waals surface area contributed by atoms with E-state index in [4.69, 9.17) is 14.2 Å². The number of hydrogen-bond donors (Lipinski definition) is 2. The summed E-state index contributed by atoms with van der Waals surface area (Å²) in [7, 11) is 1.67. The fourth-order valence-corrected chi connectivity index (χ4v) is 6.85. The van der Waals surface area contributed by atoms with Gasteiger partial charge in [0, 0.05) is 19.4 Å². The molecule has 4 aliphatic rings. The second-order valence-electron chi connectivity index (χ2n) is 9.40. The molecule has 6 nitrogen and oxygen atoms in total. The van der Waals surface area contributed by atoms with Gasteiger partial charge in [0.1, 0.15) is 5.60 Å². The van der Waals surface area contributed by atoms with Crippen LogP contribution in [0.5, 0.6) is 0 Å². The van der Waals surface area contributed by atoms with Crippen LogP contribution in [0.4, 0.5) is 0 Å². The molecule has 0 spiro atoms. The van der Waals surface area contributed by atoms with Crippen LogP contribution in [-0.2, 0) is 19.0 Å². The lowest BCUT2D eigenvalue weighted by Gasteiger charge is -2.61. The first-order valence-corrected chi connectivity index (χ1v) is 10.6. The summed E-state index contributed by atoms with van der Waals surface area (Å²) in [5.74, 6) is 0.441. The van der Waals surface area contributed by atoms with Gasteiger partial charge in [0.2, 0.25) is 0 Å². The van der Waals surface area contributed by atoms with Crippen LogP contribution in [0.25, 0.3) is 0 Å². The molecular formula is C21H34O6. The van der Waals surface area contributed by atoms with E-state index in [2.05, 4.69) is 6.92 Å². The molecule has 1 aliphatic heterocycles. The van der Waals surface area contributed by atoms with Crippen molar-refractivity contribution < 1.29 is 29.2 Å². The van der Waals surface area contributed by atoms with Gasteiger partial charge in [0.15, 0.2) is 6.10 Å². The van der Waals surface area contributed by atoms with Crippen LogP contribution in [0.1, 0.15) is 58.8 Å². The van der Waals surface area contributed by atoms with Gasteiger partial charge in [-0.2, -0.15) is 0 Å². The van der Waals surface area contributed by atoms with Crippen LogP contribution in [0.3, 0.4) is 0 Å². The minimum Gasteiger partial charge on any atom is -0.457 e. The second-order valence-corrected chi connectivity index (χ2v) is 9.40. The number of ether oxygens (including phenoxy) is 3. The summed E-state index contributed by atoms with van der Waals surface area (Å²) in [6, 6.07) is 0. The molecule has 1 saturated heterocycles. The highest BCUT2D eigenvalue weighted by Crippen LogP contribution is 2.62. The highest BCUT2D eigenvalue weighted by atomic mass is 16.6. The normalized spacial score (nSPS) is 51.8. The molecule has 27 heavy (non-hydrogen) atoms. The number of hydrogen-bond acceptors (Lipinski definition) is 6. The van der Waals surface area contributed by atoms with Gasteiger partial charge in [-0.25, -0.2) is 0 Å². The van der Waals surface area contributed by atoms with Gasteiger partial charge in [-0.05, 0) is 55.8 Å². The van der Waals surface area contributed by atoms with E-state index in [9.17, 15) is 15.0 Å². The highest BCUT2D eigenvalue weighted by molar-refractivity contribution is 5.69. The topological polar surface area (TPSA) is 85.2 Å². The van der Waals surface area contributed by atoms with Crippen LogP contribution >= 0.6 is 0 Å². The molecule has 0 aromatic heterocycles. The van der Waals surface area contributed by atoms with Crippen molar-refractivity contribution in [3.63, 3.8) is 0 Å². The van der Waals surface area contributed by atoms with Crippen LogP contribution < -0.4 is 0 Å². The number of methoxy groups -OCH3 is 1. The Morgan fingerprint density at radius 1 is 1.22 bits per heavy atom. The third-order valence-electron chi connectivity index (χ3n) is 8.38. The summed E-state index contributed by atoms with van der Waals surface area (Å²) in [6.45, 7) is 4.46. The van der Waals surface area contributed by atoms with Gasteiger partial charge in [-0.15, -0.1) is 0 Å². The van der Waals surface area contributed by atoms with Gasteiger partial charge >= 0.3 is 5.97 Å². The number of esters is 1. The van der Waals surface area contributed by atoms with E-state index >= 15 is 0 Å². The molecule has 0 radical (unpaired) electrons. The van der Waals surface area contributed by atoms with Crippen molar-refractivity contribution in [2.24, 2.45) is 23.2 Å². The van der Waals surface area contributed by atoms with E-state index in [0.717, 1.165) is 32.1 Å². The summed E-state index contributed by atoms with van der Waals surface area (Å²) in [5.41, 5.74) is -0.547. The molecule has 0 aromatic carbocycles. The molecule has 6 heteroatoms. The molecule has 4 rings (SSSR count). The van der Waals surface area contributed by atoms with Gasteiger partial charge in [-0.1, -0.05) is 13.8 Å². The molecule has 3 aliphatic carbocycles. The smallest absolute Gasteiger partial charge is 0.305 e. The highest BCUT2D eigenvalue weighted by Gasteiger charge is 2.66. The Hall–Kier alpha value is -0.690. The van der Waals surface area contributed by atoms with Crippen molar-refractivity contribution in [2.75, 3.05) is 13.7 Å². The predicted octanol–water partition coefficient (Wildman–Crippen LogP) is 2.05. The monoisotopic (exact) mass is 382 g/mol. The summed E-state index contributed by atoms with van der Waals surface area (Å²) >= 11 is 0. The van der Waals surface area contributed by atoms with Crippen molar-refractivity contribution >= 4 is 5.97 Å². The van der Waals surface area contributed by atoms with E-state index in [1.54, 1.807) is 14.0 Å². The van der Waals surface area contributed by atoms with E-state index in [1.165, 1.54) is 0 Å². The number of aliphatic hydroxyl groups excluding tert-OH is 2. The summed E-state index contributed by atoms with van der Waals surface area (Å²) < 4.78 is 17.9. The Labute approximate surface area is 161 Å². The van der Waals surface area contributed by atoms with Crippen LogP contribution in [0.15, 0.2) is 0 Å². The average molecular weight is 382 g/mol. The molecule has 4 fully saturated rings. The third-order valence-corrected chi connectivity index (χ3v) is 8.38. The third kappa shape index (κ3) is 2.86. The fraction of sp³-hybridized carbons (Fsp3) is 0.952. The van der Waals surface area contributed by atoms with E-state index in [0.29, 0.717) is 31.3 Å². The predicted molar refractivity (Wildman–Crippen MR) is 97.9 cm³/mol. The molecule has 3 saturated carbocycles. The Morgan fingerprint density at radius 2 is 2.00 bits per heavy atom. The number of carbonyl (C=O) groups is 1. The first-order chi connectivity index (χ1) is 12.9. The van der Waals surface area contributed by atoms with Gasteiger partial charge < -0.3 is 24.4 Å². The minimum atomic E-state index is -0.662. The van der Waals surface area contributed by atoms with Crippen molar-refractivity contribution in [2.45, 2.75) is 88.8 Å². The number of rotatable bonds is 3. The van der Waals surface area contributed by atoms with Gasteiger partial charge in [-0.3, -0.25) is 4.79 Å². The first kappa shape index (κ1) is 19.6.